The Bertz CT molecular complexity index is 5420. The average Bonchev–Trinajstić information content (AvgIpc) is 1.57. The molecule has 0 saturated heterocycles. The van der Waals surface area contributed by atoms with Crippen molar-refractivity contribution in [1.29, 1.82) is 0 Å². The van der Waals surface area contributed by atoms with Crippen molar-refractivity contribution in [3.8, 4) is 33.4 Å². The SMILES string of the molecule is C=Cc1ccc(C2(c3ccccc3)c3ccccc3-c3ccc(N(c4ccccc4)c4ccc5c(c4)C(c4ccccc4)(c4ccccc4)c4cc(N(c6ccccc6)c6ccc7c(c6)C(c6ccc(C=C)cc6)(c6c(F)c(F)c(F)c(F)c6F)c6ccccc6-7)ccc4-5)cc32)cc1. The van der Waals surface area contributed by atoms with E-state index < -0.39 is 50.9 Å². The summed E-state index contributed by atoms with van der Waals surface area (Å²) in [5.41, 5.74) is 17.4. The molecule has 0 aliphatic heterocycles. The van der Waals surface area contributed by atoms with E-state index >= 15 is 22.0 Å². The summed E-state index contributed by atoms with van der Waals surface area (Å²) in [5.74, 6) is -10.1. The van der Waals surface area contributed by atoms with Crippen molar-refractivity contribution in [2.24, 2.45) is 0 Å². The molecule has 7 heteroatoms. The van der Waals surface area contributed by atoms with Gasteiger partial charge in [-0.15, -0.1) is 0 Å². The van der Waals surface area contributed by atoms with Gasteiger partial charge in [-0.1, -0.05) is 274 Å². The molecule has 0 radical (unpaired) electrons. The molecule has 0 N–H and O–H groups in total. The number of nitrogens with zero attached hydrogens (tertiary/aromatic N) is 2. The summed E-state index contributed by atoms with van der Waals surface area (Å²) in [6.07, 6.45) is 3.52. The van der Waals surface area contributed by atoms with E-state index in [1.54, 1.807) is 42.5 Å². The highest BCUT2D eigenvalue weighted by molar-refractivity contribution is 5.95. The molecule has 0 heterocycles. The van der Waals surface area contributed by atoms with Crippen LogP contribution in [-0.2, 0) is 16.2 Å². The first kappa shape index (κ1) is 59.5. The van der Waals surface area contributed by atoms with Crippen LogP contribution in [0.1, 0.15) is 77.9 Å². The van der Waals surface area contributed by atoms with Crippen molar-refractivity contribution in [3.05, 3.63) is 442 Å². The fraction of sp³-hybridized carbons (Fsp3) is 0.0330. The zero-order chi connectivity index (χ0) is 66.4. The zero-order valence-electron chi connectivity index (χ0n) is 53.0. The van der Waals surface area contributed by atoms with E-state index in [9.17, 15) is 0 Å². The normalized spacial score (nSPS) is 15.6. The highest BCUT2D eigenvalue weighted by Crippen LogP contribution is 2.63. The Kier molecular flexibility index (Phi) is 14.2. The summed E-state index contributed by atoms with van der Waals surface area (Å²) in [6, 6.07) is 110. The van der Waals surface area contributed by atoms with Crippen molar-refractivity contribution in [3.63, 3.8) is 0 Å². The number of hydrogen-bond acceptors (Lipinski definition) is 2. The van der Waals surface area contributed by atoms with Crippen molar-refractivity contribution in [2.75, 3.05) is 9.80 Å². The maximum atomic E-state index is 17.2. The van der Waals surface area contributed by atoms with Crippen LogP contribution < -0.4 is 9.80 Å². The minimum Gasteiger partial charge on any atom is -0.310 e. The number of anilines is 6. The van der Waals surface area contributed by atoms with Gasteiger partial charge in [0.25, 0.3) is 0 Å². The Morgan fingerprint density at radius 1 is 0.224 bits per heavy atom. The molecule has 2 nitrogen and oxygen atoms in total. The molecule has 0 bridgehead atoms. The molecule has 0 aromatic heterocycles. The number of benzene rings is 14. The Morgan fingerprint density at radius 2 is 0.480 bits per heavy atom. The van der Waals surface area contributed by atoms with Crippen LogP contribution in [0, 0.1) is 29.1 Å². The van der Waals surface area contributed by atoms with Crippen LogP contribution in [0.25, 0.3) is 45.5 Å². The third kappa shape index (κ3) is 8.65. The molecule has 14 aromatic rings. The lowest BCUT2D eigenvalue weighted by molar-refractivity contribution is 0.363. The smallest absolute Gasteiger partial charge is 0.200 e. The zero-order valence-corrected chi connectivity index (χ0v) is 53.0. The Labute approximate surface area is 566 Å². The molecule has 2 unspecified atom stereocenters. The minimum atomic E-state index is -2.23. The number of para-hydroxylation sites is 2. The number of fused-ring (bicyclic) bond motifs is 9. The highest BCUT2D eigenvalue weighted by Gasteiger charge is 2.53. The second-order valence-electron chi connectivity index (χ2n) is 25.3. The van der Waals surface area contributed by atoms with Gasteiger partial charge in [0, 0.05) is 39.7 Å². The van der Waals surface area contributed by atoms with Gasteiger partial charge in [0.2, 0.25) is 5.82 Å². The Morgan fingerprint density at radius 3 is 0.827 bits per heavy atom. The lowest BCUT2D eigenvalue weighted by Crippen LogP contribution is -2.33. The summed E-state index contributed by atoms with van der Waals surface area (Å²) in [4.78, 5) is 4.48. The van der Waals surface area contributed by atoms with Gasteiger partial charge in [0.1, 0.15) is 0 Å². The molecule has 0 fully saturated rings. The van der Waals surface area contributed by atoms with E-state index in [1.165, 1.54) is 16.7 Å². The quantitative estimate of drug-likeness (QED) is 0.0608. The third-order valence-corrected chi connectivity index (χ3v) is 20.6. The predicted octanol–water partition coefficient (Wildman–Crippen LogP) is 23.7. The lowest BCUT2D eigenvalue weighted by Gasteiger charge is -2.36. The Balaban J connectivity index is 0.888. The first-order valence-corrected chi connectivity index (χ1v) is 32.7. The van der Waals surface area contributed by atoms with Gasteiger partial charge in [0.05, 0.1) is 16.2 Å². The summed E-state index contributed by atoms with van der Waals surface area (Å²) in [6.45, 7) is 8.04. The van der Waals surface area contributed by atoms with Crippen molar-refractivity contribution in [2.45, 2.75) is 16.2 Å². The summed E-state index contributed by atoms with van der Waals surface area (Å²) in [5, 5.41) is 0. The summed E-state index contributed by atoms with van der Waals surface area (Å²) in [7, 11) is 0. The molecule has 17 rings (SSSR count). The third-order valence-electron chi connectivity index (χ3n) is 20.6. The summed E-state index contributed by atoms with van der Waals surface area (Å²) < 4.78 is 82.0. The molecule has 3 aliphatic rings. The van der Waals surface area contributed by atoms with Crippen LogP contribution in [0.15, 0.2) is 335 Å². The van der Waals surface area contributed by atoms with E-state index in [0.717, 1.165) is 84.1 Å². The second kappa shape index (κ2) is 23.3. The van der Waals surface area contributed by atoms with Crippen LogP contribution in [0.2, 0.25) is 0 Å². The molecule has 0 spiro atoms. The molecule has 14 aromatic carbocycles. The average molecular weight is 1280 g/mol. The maximum absolute atomic E-state index is 17.2. The highest BCUT2D eigenvalue weighted by atomic mass is 19.2. The van der Waals surface area contributed by atoms with Crippen molar-refractivity contribution in [1.82, 2.24) is 0 Å². The molecular weight excluding hydrogens is 1220 g/mol. The van der Waals surface area contributed by atoms with E-state index in [2.05, 4.69) is 229 Å². The van der Waals surface area contributed by atoms with Gasteiger partial charge in [-0.2, -0.15) is 0 Å². The van der Waals surface area contributed by atoms with Gasteiger partial charge in [-0.05, 0) is 179 Å². The largest absolute Gasteiger partial charge is 0.310 e. The topological polar surface area (TPSA) is 6.48 Å². The maximum Gasteiger partial charge on any atom is 0.200 e. The lowest BCUT2D eigenvalue weighted by atomic mass is 9.67. The van der Waals surface area contributed by atoms with Gasteiger partial charge >= 0.3 is 0 Å². The van der Waals surface area contributed by atoms with E-state index in [0.29, 0.717) is 39.1 Å². The molecule has 2 atom stereocenters. The first-order valence-electron chi connectivity index (χ1n) is 32.7. The van der Waals surface area contributed by atoms with E-state index in [1.807, 2.05) is 84.9 Å². The Hall–Kier alpha value is -12.2. The fourth-order valence-electron chi connectivity index (χ4n) is 16.5. The first-order chi connectivity index (χ1) is 48.1. The second-order valence-corrected chi connectivity index (χ2v) is 25.3. The van der Waals surface area contributed by atoms with Crippen molar-refractivity contribution < 1.29 is 22.0 Å². The molecule has 3 aliphatic carbocycles. The van der Waals surface area contributed by atoms with Crippen molar-refractivity contribution >= 4 is 46.3 Å². The summed E-state index contributed by atoms with van der Waals surface area (Å²) >= 11 is 0. The number of hydrogen-bond donors (Lipinski definition) is 0. The molecule has 468 valence electrons. The van der Waals surface area contributed by atoms with Crippen LogP contribution in [-0.4, -0.2) is 0 Å². The monoisotopic (exact) mass is 1270 g/mol. The molecule has 98 heavy (non-hydrogen) atoms. The molecule has 0 amide bonds. The van der Waals surface area contributed by atoms with Gasteiger partial charge in [-0.25, -0.2) is 22.0 Å². The molecular formula is C91H59F5N2. The molecule has 0 saturated carbocycles. The number of halogens is 5. The minimum absolute atomic E-state index is 0.300. The number of rotatable bonds is 14. The van der Waals surface area contributed by atoms with E-state index in [4.69, 9.17) is 0 Å². The predicted molar refractivity (Wildman–Crippen MR) is 388 cm³/mol. The van der Waals surface area contributed by atoms with Crippen LogP contribution >= 0.6 is 0 Å². The van der Waals surface area contributed by atoms with Crippen LogP contribution in [0.3, 0.4) is 0 Å². The van der Waals surface area contributed by atoms with Gasteiger partial charge in [-0.3, -0.25) is 0 Å². The van der Waals surface area contributed by atoms with Crippen LogP contribution in [0.5, 0.6) is 0 Å². The van der Waals surface area contributed by atoms with Crippen LogP contribution in [0.4, 0.5) is 56.1 Å². The van der Waals surface area contributed by atoms with Gasteiger partial charge < -0.3 is 9.80 Å². The van der Waals surface area contributed by atoms with Gasteiger partial charge in [0.15, 0.2) is 23.3 Å². The fourth-order valence-corrected chi connectivity index (χ4v) is 16.5. The standard InChI is InChI=1S/C91H59F5N2/c1-3-58-38-42-63(43-39-58)89(60-24-10-5-11-25-60)77-36-22-20-34-71(77)73-50-46-67(54-79(73)89)97(65-30-16-8-17-31-65)68-48-52-75-76-53-49-69(56-81(76)90(80(75)55-68,61-26-12-6-13-27-61)62-28-14-7-15-29-62)98(66-32-18-9-19-33-66)70-47-51-74-72-35-21-23-37-78(72)91(82(74)57-70,64-44-40-59(4-2)41-45-64)83-84(92)86(94)88(96)87(95)85(83)93/h3-57H,1-2H2. The van der Waals surface area contributed by atoms with E-state index in [-0.39, 0.29) is 0 Å².